The van der Waals surface area contributed by atoms with Crippen LogP contribution >= 0.6 is 0 Å². The Morgan fingerprint density at radius 1 is 0.765 bits per heavy atom. The predicted molar refractivity (Wildman–Crippen MR) is 173 cm³/mol. The number of phenolic OH excluding ortho intramolecular Hbond substituents is 1. The first-order chi connectivity index (χ1) is 24.2. The van der Waals surface area contributed by atoms with E-state index in [1.54, 1.807) is 24.3 Å². The molecule has 51 heavy (non-hydrogen) atoms. The molecular weight excluding hydrogens is 662 g/mol. The summed E-state index contributed by atoms with van der Waals surface area (Å²) in [7, 11) is 0. The molecule has 0 bridgehead atoms. The number of aliphatic hydroxyl groups excluding tert-OH is 2. The van der Waals surface area contributed by atoms with Crippen molar-refractivity contribution in [3.63, 3.8) is 0 Å². The van der Waals surface area contributed by atoms with E-state index < -0.39 is 99.9 Å². The summed E-state index contributed by atoms with van der Waals surface area (Å²) in [4.78, 5) is 94.1. The molecule has 3 aliphatic carbocycles. The predicted octanol–water partition coefficient (Wildman–Crippen LogP) is 2.02. The van der Waals surface area contributed by atoms with E-state index in [2.05, 4.69) is 0 Å². The van der Waals surface area contributed by atoms with Crippen molar-refractivity contribution in [1.29, 1.82) is 0 Å². The molecule has 5 amide bonds. The van der Waals surface area contributed by atoms with Gasteiger partial charge in [-0.3, -0.25) is 43.4 Å². The molecule has 8 rings (SSSR count). The molecule has 3 unspecified atom stereocenters. The van der Waals surface area contributed by atoms with Gasteiger partial charge in [0.2, 0.25) is 5.78 Å². The second kappa shape index (κ2) is 10.8. The minimum atomic E-state index is -2.79. The summed E-state index contributed by atoms with van der Waals surface area (Å²) in [6, 6.07) is 13.8. The summed E-state index contributed by atoms with van der Waals surface area (Å²) in [5.74, 6) is -10.6. The van der Waals surface area contributed by atoms with Gasteiger partial charge in [-0.25, -0.2) is 0 Å². The van der Waals surface area contributed by atoms with E-state index in [1.807, 2.05) is 0 Å². The second-order valence-electron chi connectivity index (χ2n) is 13.3. The van der Waals surface area contributed by atoms with Crippen LogP contribution in [-0.4, -0.2) is 76.9 Å². The normalized spacial score (nSPS) is 23.8. The molecular formula is C37H27N3O11. The van der Waals surface area contributed by atoms with Crippen molar-refractivity contribution in [3.8, 4) is 5.75 Å². The number of hydrogen-bond donors (Lipinski definition) is 5. The Balaban J connectivity index is 1.28. The number of benzene rings is 3. The van der Waals surface area contributed by atoms with E-state index in [0.29, 0.717) is 0 Å². The Morgan fingerprint density at radius 2 is 1.25 bits per heavy atom. The van der Waals surface area contributed by atoms with Crippen LogP contribution in [0, 0.1) is 11.8 Å². The van der Waals surface area contributed by atoms with Gasteiger partial charge in [0, 0.05) is 23.5 Å². The summed E-state index contributed by atoms with van der Waals surface area (Å²) < 4.78 is 0. The minimum absolute atomic E-state index is 0.0673. The number of carbonyl (C=O) groups is 7. The van der Waals surface area contributed by atoms with Crippen LogP contribution in [0.3, 0.4) is 0 Å². The van der Waals surface area contributed by atoms with Crippen LogP contribution in [0.2, 0.25) is 0 Å². The minimum Gasteiger partial charge on any atom is -0.508 e. The number of ketones is 2. The Labute approximate surface area is 287 Å². The van der Waals surface area contributed by atoms with E-state index in [-0.39, 0.29) is 63.9 Å². The first kappa shape index (κ1) is 31.8. The zero-order valence-electron chi connectivity index (χ0n) is 26.5. The topological polar surface area (TPSA) is 233 Å². The fourth-order valence-corrected chi connectivity index (χ4v) is 8.20. The van der Waals surface area contributed by atoms with Gasteiger partial charge in [-0.1, -0.05) is 24.3 Å². The Kier molecular flexibility index (Phi) is 6.74. The van der Waals surface area contributed by atoms with Gasteiger partial charge >= 0.3 is 0 Å². The molecule has 1 fully saturated rings. The highest BCUT2D eigenvalue weighted by Crippen LogP contribution is 2.53. The molecule has 3 atom stereocenters. The second-order valence-corrected chi connectivity index (χ2v) is 13.3. The molecule has 256 valence electrons. The summed E-state index contributed by atoms with van der Waals surface area (Å²) in [6.07, 6.45) is -0.727. The highest BCUT2D eigenvalue weighted by molar-refractivity contribution is 6.23. The van der Waals surface area contributed by atoms with Gasteiger partial charge in [-0.05, 0) is 60.2 Å². The Hall–Kier alpha value is -6.41. The zero-order valence-corrected chi connectivity index (χ0v) is 26.5. The molecule has 14 heteroatoms. The van der Waals surface area contributed by atoms with Crippen molar-refractivity contribution in [2.45, 2.75) is 38.0 Å². The zero-order chi connectivity index (χ0) is 36.3. The lowest BCUT2D eigenvalue weighted by Gasteiger charge is -2.46. The molecule has 3 aromatic rings. The summed E-state index contributed by atoms with van der Waals surface area (Å²) in [5, 5.41) is 46.1. The maximum absolute atomic E-state index is 14.1. The Morgan fingerprint density at radius 3 is 1.75 bits per heavy atom. The summed E-state index contributed by atoms with van der Waals surface area (Å²) in [5.41, 5.74) is 1.92. The van der Waals surface area contributed by atoms with Gasteiger partial charge in [0.05, 0.1) is 40.9 Å². The lowest BCUT2D eigenvalue weighted by Crippen LogP contribution is -2.58. The van der Waals surface area contributed by atoms with Crippen molar-refractivity contribution < 1.29 is 54.0 Å². The fourth-order valence-electron chi connectivity index (χ4n) is 8.20. The number of carbonyl (C=O) groups excluding carboxylic acids is 7. The summed E-state index contributed by atoms with van der Waals surface area (Å²) >= 11 is 0. The van der Waals surface area contributed by atoms with Crippen molar-refractivity contribution in [2.75, 3.05) is 0 Å². The van der Waals surface area contributed by atoms with Crippen molar-refractivity contribution in [2.24, 2.45) is 17.6 Å². The first-order valence-corrected chi connectivity index (χ1v) is 16.0. The van der Waals surface area contributed by atoms with E-state index in [9.17, 15) is 54.0 Å². The number of aromatic hydroxyl groups is 1. The number of Topliss-reactive ketones (excluding diaryl/α,β-unsaturated/α-hetero) is 2. The third-order valence-electron chi connectivity index (χ3n) is 10.6. The average molecular weight is 690 g/mol. The smallest absolute Gasteiger partial charge is 0.261 e. The standard InChI is InChI=1S/C37H27N3O11/c38-32(46)27-24(41)12-18-10-15-11-23-16(13-39-33(47)19-5-1-2-6-20(19)34(39)48)9-17(14-40-35(49)21-7-3-4-8-22(21)36(40)50)28(42)26(23)29(43)25(15)30(44)37(18,51)31(27)45/h1-9,15,18,42-43,45,51H,10-14H2,(H2,38,46). The van der Waals surface area contributed by atoms with Gasteiger partial charge in [0.25, 0.3) is 29.5 Å². The third-order valence-corrected chi connectivity index (χ3v) is 10.6. The number of primary amides is 1. The average Bonchev–Trinajstić information content (AvgIpc) is 3.48. The largest absolute Gasteiger partial charge is 0.508 e. The van der Waals surface area contributed by atoms with Crippen LogP contribution in [0.4, 0.5) is 0 Å². The highest BCUT2D eigenvalue weighted by Gasteiger charge is 2.60. The number of hydrogen-bond acceptors (Lipinski definition) is 11. The quantitative estimate of drug-likeness (QED) is 0.192. The van der Waals surface area contributed by atoms with E-state index >= 15 is 0 Å². The number of aliphatic hydroxyl groups is 3. The molecule has 6 N–H and O–H groups in total. The number of nitrogens with two attached hydrogens (primary N) is 1. The number of nitrogens with zero attached hydrogens (tertiary/aromatic N) is 2. The molecule has 0 spiro atoms. The third kappa shape index (κ3) is 4.22. The maximum atomic E-state index is 14.1. The number of fused-ring (bicyclic) bond motifs is 5. The lowest BCUT2D eigenvalue weighted by atomic mass is 9.59. The van der Waals surface area contributed by atoms with E-state index in [1.165, 1.54) is 30.3 Å². The van der Waals surface area contributed by atoms with Crippen LogP contribution in [-0.2, 0) is 33.9 Å². The van der Waals surface area contributed by atoms with Crippen LogP contribution < -0.4 is 5.73 Å². The van der Waals surface area contributed by atoms with Crippen LogP contribution in [0.5, 0.6) is 5.75 Å². The van der Waals surface area contributed by atoms with Gasteiger partial charge in [0.15, 0.2) is 11.4 Å². The van der Waals surface area contributed by atoms with Crippen molar-refractivity contribution in [3.05, 3.63) is 116 Å². The molecule has 0 radical (unpaired) electrons. The molecule has 3 aromatic carbocycles. The molecule has 0 saturated heterocycles. The van der Waals surface area contributed by atoms with Crippen LogP contribution in [0.25, 0.3) is 5.76 Å². The maximum Gasteiger partial charge on any atom is 0.261 e. The molecule has 2 aliphatic heterocycles. The van der Waals surface area contributed by atoms with Crippen molar-refractivity contribution in [1.82, 2.24) is 9.80 Å². The first-order valence-electron chi connectivity index (χ1n) is 16.0. The molecule has 2 heterocycles. The van der Waals surface area contributed by atoms with E-state index in [0.717, 1.165) is 9.80 Å². The van der Waals surface area contributed by atoms with Crippen LogP contribution in [0.15, 0.2) is 71.5 Å². The van der Waals surface area contributed by atoms with Gasteiger partial charge in [-0.15, -0.1) is 0 Å². The molecule has 14 nitrogen and oxygen atoms in total. The SMILES string of the molecule is NC(=O)C1=C(O)C2(O)C(=O)C3=C(O)c4c(O)c(CN5C(=O)c6ccccc6C5=O)cc(CN5C(=O)c6ccccc6C5=O)c4CC3CC2CC1=O. The monoisotopic (exact) mass is 689 g/mol. The van der Waals surface area contributed by atoms with Crippen LogP contribution in [0.1, 0.15) is 76.5 Å². The number of rotatable bonds is 5. The highest BCUT2D eigenvalue weighted by atomic mass is 16.3. The number of amides is 5. The van der Waals surface area contributed by atoms with Crippen molar-refractivity contribution >= 4 is 46.9 Å². The fraction of sp³-hybridized carbons (Fsp3) is 0.216. The number of imide groups is 2. The lowest BCUT2D eigenvalue weighted by molar-refractivity contribution is -0.147. The Bertz CT molecular complexity index is 2250. The number of phenols is 1. The molecule has 1 saturated carbocycles. The molecule has 5 aliphatic rings. The van der Waals surface area contributed by atoms with E-state index in [4.69, 9.17) is 5.73 Å². The van der Waals surface area contributed by atoms with Gasteiger partial charge < -0.3 is 26.2 Å². The van der Waals surface area contributed by atoms with Gasteiger partial charge in [0.1, 0.15) is 22.8 Å². The van der Waals surface area contributed by atoms with Gasteiger partial charge in [-0.2, -0.15) is 0 Å². The molecule has 0 aromatic heterocycles. The summed E-state index contributed by atoms with van der Waals surface area (Å²) in [6.45, 7) is -0.856.